The highest BCUT2D eigenvalue weighted by molar-refractivity contribution is 6.30. The van der Waals surface area contributed by atoms with Gasteiger partial charge < -0.3 is 9.47 Å². The monoisotopic (exact) mass is 450 g/mol. The molecule has 0 heterocycles. The van der Waals surface area contributed by atoms with Crippen LogP contribution in [-0.4, -0.2) is 11.9 Å². The van der Waals surface area contributed by atoms with E-state index in [0.717, 1.165) is 38.9 Å². The maximum atomic E-state index is 11.5. The first-order chi connectivity index (χ1) is 15.1. The van der Waals surface area contributed by atoms with Gasteiger partial charge >= 0.3 is 11.9 Å². The predicted molar refractivity (Wildman–Crippen MR) is 127 cm³/mol. The van der Waals surface area contributed by atoms with Crippen LogP contribution in [0.15, 0.2) is 48.5 Å². The molecule has 0 radical (unpaired) electrons. The molecule has 0 fully saturated rings. The number of rotatable bonds is 5. The second-order valence-corrected chi connectivity index (χ2v) is 8.58. The molecule has 0 N–H and O–H groups in total. The van der Waals surface area contributed by atoms with Crippen molar-refractivity contribution in [1.29, 1.82) is 0 Å². The van der Waals surface area contributed by atoms with Gasteiger partial charge in [0, 0.05) is 24.8 Å². The first-order valence-electron chi connectivity index (χ1n) is 10.4. The van der Waals surface area contributed by atoms with Gasteiger partial charge in [0.2, 0.25) is 0 Å². The number of carbonyl (C=O) groups is 2. The maximum Gasteiger partial charge on any atom is 0.308 e. The zero-order valence-electron chi connectivity index (χ0n) is 19.2. The van der Waals surface area contributed by atoms with Gasteiger partial charge in [0.05, 0.1) is 0 Å². The zero-order chi connectivity index (χ0) is 23.6. The Kier molecular flexibility index (Phi) is 7.05. The zero-order valence-corrected chi connectivity index (χ0v) is 20.0. The summed E-state index contributed by atoms with van der Waals surface area (Å²) in [5.41, 5.74) is 6.67. The number of ether oxygens (including phenoxy) is 2. The smallest absolute Gasteiger partial charge is 0.308 e. The molecule has 0 aliphatic rings. The Morgan fingerprint density at radius 2 is 1.09 bits per heavy atom. The van der Waals surface area contributed by atoms with Gasteiger partial charge in [-0.05, 0) is 78.8 Å². The van der Waals surface area contributed by atoms with Crippen molar-refractivity contribution >= 4 is 23.5 Å². The summed E-state index contributed by atoms with van der Waals surface area (Å²) in [5.74, 6) is 0.374. The summed E-state index contributed by atoms with van der Waals surface area (Å²) in [6, 6.07) is 16.0. The van der Waals surface area contributed by atoms with Crippen LogP contribution in [0.4, 0.5) is 0 Å². The van der Waals surface area contributed by atoms with Gasteiger partial charge in [-0.2, -0.15) is 0 Å². The van der Waals surface area contributed by atoms with E-state index in [1.807, 2.05) is 76.2 Å². The van der Waals surface area contributed by atoms with Crippen LogP contribution in [0, 0.1) is 27.7 Å². The molecule has 32 heavy (non-hydrogen) atoms. The Hall–Kier alpha value is -3.11. The van der Waals surface area contributed by atoms with Crippen molar-refractivity contribution in [2.45, 2.75) is 47.5 Å². The Balaban J connectivity index is 2.21. The van der Waals surface area contributed by atoms with Crippen LogP contribution in [0.1, 0.15) is 58.7 Å². The van der Waals surface area contributed by atoms with E-state index in [9.17, 15) is 9.59 Å². The molecule has 0 spiro atoms. The minimum absolute atomic E-state index is 0.110. The number of aryl methyl sites for hydroxylation is 4. The van der Waals surface area contributed by atoms with Crippen molar-refractivity contribution < 1.29 is 19.1 Å². The van der Waals surface area contributed by atoms with E-state index in [-0.39, 0.29) is 17.9 Å². The molecule has 3 rings (SSSR count). The van der Waals surface area contributed by atoms with Crippen LogP contribution in [0.3, 0.4) is 0 Å². The van der Waals surface area contributed by atoms with Crippen LogP contribution in [0.2, 0.25) is 5.02 Å². The lowest BCUT2D eigenvalue weighted by Crippen LogP contribution is -2.10. The topological polar surface area (TPSA) is 52.6 Å². The van der Waals surface area contributed by atoms with Gasteiger partial charge in [0.1, 0.15) is 11.5 Å². The average molecular weight is 451 g/mol. The lowest BCUT2D eigenvalue weighted by atomic mass is 9.82. The fraction of sp³-hybridized carbons (Fsp3) is 0.259. The number of halogens is 1. The highest BCUT2D eigenvalue weighted by Crippen LogP contribution is 2.39. The van der Waals surface area contributed by atoms with Crippen LogP contribution in [-0.2, 0) is 9.59 Å². The molecule has 166 valence electrons. The molecule has 0 saturated heterocycles. The lowest BCUT2D eigenvalue weighted by molar-refractivity contribution is -0.132. The van der Waals surface area contributed by atoms with E-state index in [4.69, 9.17) is 21.1 Å². The second kappa shape index (κ2) is 9.58. The van der Waals surface area contributed by atoms with Gasteiger partial charge in [-0.25, -0.2) is 0 Å². The molecule has 5 heteroatoms. The van der Waals surface area contributed by atoms with E-state index in [1.165, 1.54) is 13.8 Å². The normalized spacial score (nSPS) is 10.9. The summed E-state index contributed by atoms with van der Waals surface area (Å²) in [6.07, 6.45) is 0. The van der Waals surface area contributed by atoms with Gasteiger partial charge in [-0.1, -0.05) is 48.0 Å². The lowest BCUT2D eigenvalue weighted by Gasteiger charge is -2.23. The fourth-order valence-corrected chi connectivity index (χ4v) is 4.37. The average Bonchev–Trinajstić information content (AvgIpc) is 2.68. The first kappa shape index (κ1) is 23.6. The predicted octanol–water partition coefficient (Wildman–Crippen LogP) is 6.60. The maximum absolute atomic E-state index is 11.5. The summed E-state index contributed by atoms with van der Waals surface area (Å²) < 4.78 is 10.8. The SMILES string of the molecule is CC(=O)Oc1c(C)cc(C(c2cccc(Cl)c2)c2cc(C)c(OC(C)=O)c(C)c2)cc1C. The standard InChI is InChI=1S/C27H27ClO4/c1-15-10-22(11-16(2)26(15)31-19(5)29)25(21-8-7-9-24(28)14-21)23-12-17(3)27(18(4)13-23)32-20(6)30/h7-14,25H,1-6H3. The molecule has 0 bridgehead atoms. The van der Waals surface area contributed by atoms with Crippen molar-refractivity contribution in [3.8, 4) is 11.5 Å². The van der Waals surface area contributed by atoms with Crippen molar-refractivity contribution in [2.24, 2.45) is 0 Å². The van der Waals surface area contributed by atoms with Gasteiger partial charge in [0.25, 0.3) is 0 Å². The van der Waals surface area contributed by atoms with Crippen LogP contribution < -0.4 is 9.47 Å². The quantitative estimate of drug-likeness (QED) is 0.249. The first-order valence-corrected chi connectivity index (χ1v) is 10.8. The molecule has 0 saturated carbocycles. The Labute approximate surface area is 194 Å². The minimum Gasteiger partial charge on any atom is -0.426 e. The second-order valence-electron chi connectivity index (χ2n) is 8.14. The van der Waals surface area contributed by atoms with E-state index >= 15 is 0 Å². The van der Waals surface area contributed by atoms with Crippen LogP contribution in [0.25, 0.3) is 0 Å². The van der Waals surface area contributed by atoms with Gasteiger partial charge in [0.15, 0.2) is 0 Å². The molecule has 3 aromatic carbocycles. The Morgan fingerprint density at radius 1 is 0.688 bits per heavy atom. The summed E-state index contributed by atoms with van der Waals surface area (Å²) in [7, 11) is 0. The van der Waals surface area contributed by atoms with Crippen molar-refractivity contribution in [2.75, 3.05) is 0 Å². The largest absolute Gasteiger partial charge is 0.426 e. The van der Waals surface area contributed by atoms with E-state index in [0.29, 0.717) is 16.5 Å². The molecule has 0 aromatic heterocycles. The molecule has 0 amide bonds. The summed E-state index contributed by atoms with van der Waals surface area (Å²) in [5, 5.41) is 0.655. The van der Waals surface area contributed by atoms with E-state index < -0.39 is 0 Å². The van der Waals surface area contributed by atoms with Crippen LogP contribution in [0.5, 0.6) is 11.5 Å². The number of benzene rings is 3. The van der Waals surface area contributed by atoms with Crippen molar-refractivity contribution in [3.63, 3.8) is 0 Å². The number of esters is 2. The molecule has 0 unspecified atom stereocenters. The highest BCUT2D eigenvalue weighted by Gasteiger charge is 2.22. The summed E-state index contributed by atoms with van der Waals surface area (Å²) in [4.78, 5) is 23.1. The summed E-state index contributed by atoms with van der Waals surface area (Å²) >= 11 is 6.34. The molecule has 0 aliphatic carbocycles. The highest BCUT2D eigenvalue weighted by atomic mass is 35.5. The van der Waals surface area contributed by atoms with Crippen molar-refractivity contribution in [1.82, 2.24) is 0 Å². The minimum atomic E-state index is -0.345. The third kappa shape index (κ3) is 5.20. The Morgan fingerprint density at radius 3 is 1.44 bits per heavy atom. The molecule has 0 atom stereocenters. The third-order valence-corrected chi connectivity index (χ3v) is 5.54. The Bertz CT molecular complexity index is 1080. The number of hydrogen-bond donors (Lipinski definition) is 0. The summed E-state index contributed by atoms with van der Waals surface area (Å²) in [6.45, 7) is 10.5. The molecule has 3 aromatic rings. The van der Waals surface area contributed by atoms with E-state index in [1.54, 1.807) is 0 Å². The van der Waals surface area contributed by atoms with Crippen LogP contribution >= 0.6 is 11.6 Å². The van der Waals surface area contributed by atoms with Gasteiger partial charge in [-0.3, -0.25) is 9.59 Å². The fourth-order valence-electron chi connectivity index (χ4n) is 4.17. The molecular weight excluding hydrogens is 424 g/mol. The van der Waals surface area contributed by atoms with E-state index in [2.05, 4.69) is 0 Å². The molecule has 4 nitrogen and oxygen atoms in total. The molecular formula is C27H27ClO4. The van der Waals surface area contributed by atoms with Crippen molar-refractivity contribution in [3.05, 3.63) is 92.5 Å². The molecule has 0 aliphatic heterocycles. The third-order valence-electron chi connectivity index (χ3n) is 5.31. The number of hydrogen-bond acceptors (Lipinski definition) is 4. The van der Waals surface area contributed by atoms with Gasteiger partial charge in [-0.15, -0.1) is 0 Å². The number of carbonyl (C=O) groups excluding carboxylic acids is 2.